The summed E-state index contributed by atoms with van der Waals surface area (Å²) in [5, 5.41) is 19.9. The molecule has 0 radical (unpaired) electrons. The van der Waals surface area contributed by atoms with Crippen molar-refractivity contribution in [2.45, 2.75) is 31.8 Å². The van der Waals surface area contributed by atoms with E-state index >= 15 is 0 Å². The van der Waals surface area contributed by atoms with Crippen molar-refractivity contribution in [3.63, 3.8) is 0 Å². The monoisotopic (exact) mass is 272 g/mol. The van der Waals surface area contributed by atoms with Crippen LogP contribution in [0.25, 0.3) is 0 Å². The van der Waals surface area contributed by atoms with Gasteiger partial charge in [0.15, 0.2) is 0 Å². The molecule has 0 fully saturated rings. The van der Waals surface area contributed by atoms with Crippen LogP contribution in [0.15, 0.2) is 24.3 Å². The number of hydrogen-bond acceptors (Lipinski definition) is 3. The van der Waals surface area contributed by atoms with E-state index in [0.29, 0.717) is 18.1 Å². The lowest BCUT2D eigenvalue weighted by Gasteiger charge is -2.31. The lowest BCUT2D eigenvalue weighted by molar-refractivity contribution is 0.0363. The Morgan fingerprint density at radius 1 is 1.22 bits per heavy atom. The van der Waals surface area contributed by atoms with Crippen molar-refractivity contribution < 1.29 is 14.9 Å². The molecule has 3 nitrogen and oxygen atoms in total. The van der Waals surface area contributed by atoms with Crippen LogP contribution in [0.5, 0.6) is 0 Å². The van der Waals surface area contributed by atoms with E-state index in [2.05, 4.69) is 0 Å². The number of benzene rings is 1. The zero-order valence-corrected chi connectivity index (χ0v) is 11.7. The molecule has 0 bridgehead atoms. The topological polar surface area (TPSA) is 49.7 Å². The minimum absolute atomic E-state index is 0.131. The summed E-state index contributed by atoms with van der Waals surface area (Å²) in [7, 11) is 0. The Hall–Kier alpha value is -0.610. The predicted molar refractivity (Wildman–Crippen MR) is 73.0 cm³/mol. The molecule has 1 aromatic carbocycles. The number of aliphatic hydroxyl groups excluding tert-OH is 2. The van der Waals surface area contributed by atoms with Crippen molar-refractivity contribution in [1.29, 1.82) is 0 Å². The average Bonchev–Trinajstić information content (AvgIpc) is 2.36. The van der Waals surface area contributed by atoms with E-state index in [4.69, 9.17) is 16.3 Å². The van der Waals surface area contributed by atoms with Gasteiger partial charge in [0.2, 0.25) is 0 Å². The van der Waals surface area contributed by atoms with Gasteiger partial charge in [-0.3, -0.25) is 0 Å². The van der Waals surface area contributed by atoms with Crippen LogP contribution < -0.4 is 0 Å². The highest BCUT2D eigenvalue weighted by Crippen LogP contribution is 2.32. The molecule has 18 heavy (non-hydrogen) atoms. The molecule has 0 aliphatic heterocycles. The first kappa shape index (κ1) is 15.4. The van der Waals surface area contributed by atoms with Crippen LogP contribution in [0.4, 0.5) is 0 Å². The highest BCUT2D eigenvalue weighted by Gasteiger charge is 2.32. The lowest BCUT2D eigenvalue weighted by atomic mass is 9.79. The first-order valence-electron chi connectivity index (χ1n) is 6.14. The highest BCUT2D eigenvalue weighted by atomic mass is 35.5. The SMILES string of the molecule is CC(C)OCCC(CO)(CO)c1ccccc1Cl. The van der Waals surface area contributed by atoms with Crippen molar-refractivity contribution in [2.24, 2.45) is 0 Å². The maximum absolute atomic E-state index is 9.65. The van der Waals surface area contributed by atoms with Crippen molar-refractivity contribution in [1.82, 2.24) is 0 Å². The molecule has 0 heterocycles. The third-order valence-electron chi connectivity index (χ3n) is 3.08. The van der Waals surface area contributed by atoms with Crippen LogP contribution in [-0.4, -0.2) is 36.1 Å². The van der Waals surface area contributed by atoms with Gasteiger partial charge < -0.3 is 14.9 Å². The van der Waals surface area contributed by atoms with Crippen LogP contribution >= 0.6 is 11.6 Å². The van der Waals surface area contributed by atoms with Crippen LogP contribution in [0.2, 0.25) is 5.02 Å². The van der Waals surface area contributed by atoms with Crippen LogP contribution in [0, 0.1) is 0 Å². The van der Waals surface area contributed by atoms with E-state index in [0.717, 1.165) is 5.56 Å². The molecule has 1 aromatic rings. The van der Waals surface area contributed by atoms with E-state index < -0.39 is 5.41 Å². The minimum atomic E-state index is -0.743. The number of hydrogen-bond donors (Lipinski definition) is 2. The maximum Gasteiger partial charge on any atom is 0.0551 e. The second kappa shape index (κ2) is 7.10. The van der Waals surface area contributed by atoms with Gasteiger partial charge >= 0.3 is 0 Å². The molecule has 1 rings (SSSR count). The summed E-state index contributed by atoms with van der Waals surface area (Å²) in [6.07, 6.45) is 0.661. The van der Waals surface area contributed by atoms with Crippen molar-refractivity contribution in [2.75, 3.05) is 19.8 Å². The Morgan fingerprint density at radius 3 is 2.33 bits per heavy atom. The van der Waals surface area contributed by atoms with Crippen molar-refractivity contribution in [3.05, 3.63) is 34.9 Å². The fraction of sp³-hybridized carbons (Fsp3) is 0.571. The molecule has 4 heteroatoms. The van der Waals surface area contributed by atoms with Crippen LogP contribution in [0.1, 0.15) is 25.8 Å². The lowest BCUT2D eigenvalue weighted by Crippen LogP contribution is -2.36. The molecule has 0 atom stereocenters. The minimum Gasteiger partial charge on any atom is -0.395 e. The Morgan fingerprint density at radius 2 is 1.83 bits per heavy atom. The predicted octanol–water partition coefficient (Wildman–Crippen LogP) is 2.38. The fourth-order valence-corrected chi connectivity index (χ4v) is 2.23. The highest BCUT2D eigenvalue weighted by molar-refractivity contribution is 6.31. The van der Waals surface area contributed by atoms with Gasteiger partial charge in [-0.1, -0.05) is 29.8 Å². The molecular weight excluding hydrogens is 252 g/mol. The second-order valence-corrected chi connectivity index (χ2v) is 5.15. The van der Waals surface area contributed by atoms with Gasteiger partial charge in [-0.2, -0.15) is 0 Å². The number of rotatable bonds is 7. The third-order valence-corrected chi connectivity index (χ3v) is 3.41. The van der Waals surface area contributed by atoms with Crippen LogP contribution in [0.3, 0.4) is 0 Å². The third kappa shape index (κ3) is 3.69. The zero-order valence-electron chi connectivity index (χ0n) is 10.9. The Kier molecular flexibility index (Phi) is 6.09. The standard InChI is InChI=1S/C14H21ClO3/c1-11(2)18-8-7-14(9-16,10-17)12-5-3-4-6-13(12)15/h3-6,11,16-17H,7-10H2,1-2H3. The molecule has 0 saturated heterocycles. The van der Waals surface area contributed by atoms with Crippen LogP contribution in [-0.2, 0) is 10.2 Å². The van der Waals surface area contributed by atoms with E-state index in [1.807, 2.05) is 32.0 Å². The first-order chi connectivity index (χ1) is 8.55. The summed E-state index contributed by atoms with van der Waals surface area (Å²) in [6.45, 7) is 4.07. The largest absolute Gasteiger partial charge is 0.395 e. The molecule has 0 saturated carbocycles. The van der Waals surface area contributed by atoms with E-state index in [1.165, 1.54) is 0 Å². The summed E-state index contributed by atoms with van der Waals surface area (Å²) in [5.74, 6) is 0. The van der Waals surface area contributed by atoms with Gasteiger partial charge in [-0.05, 0) is 31.9 Å². The average molecular weight is 273 g/mol. The fourth-order valence-electron chi connectivity index (χ4n) is 1.89. The van der Waals surface area contributed by atoms with E-state index in [-0.39, 0.29) is 19.3 Å². The Labute approximate surface area is 113 Å². The number of ether oxygens (including phenoxy) is 1. The quantitative estimate of drug-likeness (QED) is 0.801. The summed E-state index contributed by atoms with van der Waals surface area (Å²) < 4.78 is 5.50. The van der Waals surface area contributed by atoms with Gasteiger partial charge in [0.1, 0.15) is 0 Å². The molecule has 0 aliphatic carbocycles. The molecule has 0 aliphatic rings. The van der Waals surface area contributed by atoms with Gasteiger partial charge in [-0.25, -0.2) is 0 Å². The summed E-state index contributed by atoms with van der Waals surface area (Å²) in [5.41, 5.74) is 0.0248. The molecule has 2 N–H and O–H groups in total. The number of aliphatic hydroxyl groups is 2. The molecule has 0 amide bonds. The van der Waals surface area contributed by atoms with Gasteiger partial charge in [-0.15, -0.1) is 0 Å². The maximum atomic E-state index is 9.65. The van der Waals surface area contributed by atoms with Gasteiger partial charge in [0.05, 0.1) is 19.3 Å². The summed E-state index contributed by atoms with van der Waals surface area (Å²) in [4.78, 5) is 0. The summed E-state index contributed by atoms with van der Waals surface area (Å²) >= 11 is 6.14. The molecule has 0 aromatic heterocycles. The smallest absolute Gasteiger partial charge is 0.0551 e. The van der Waals surface area contributed by atoms with Gasteiger partial charge in [0.25, 0.3) is 0 Å². The van der Waals surface area contributed by atoms with Crippen molar-refractivity contribution >= 4 is 11.6 Å². The Bertz CT molecular complexity index is 362. The van der Waals surface area contributed by atoms with Crippen molar-refractivity contribution in [3.8, 4) is 0 Å². The summed E-state index contributed by atoms with van der Waals surface area (Å²) in [6, 6.07) is 7.28. The molecular formula is C14H21ClO3. The molecule has 0 spiro atoms. The molecule has 0 unspecified atom stereocenters. The van der Waals surface area contributed by atoms with E-state index in [9.17, 15) is 10.2 Å². The second-order valence-electron chi connectivity index (χ2n) is 4.75. The first-order valence-corrected chi connectivity index (χ1v) is 6.52. The van der Waals surface area contributed by atoms with E-state index in [1.54, 1.807) is 6.07 Å². The van der Waals surface area contributed by atoms with Gasteiger partial charge in [0, 0.05) is 17.0 Å². The Balaban J connectivity index is 2.89. The zero-order chi connectivity index (χ0) is 13.6. The number of halogens is 1. The normalized spacial score (nSPS) is 12.1. The molecule has 102 valence electrons.